The summed E-state index contributed by atoms with van der Waals surface area (Å²) in [6.07, 6.45) is 0. The first-order valence-electron chi connectivity index (χ1n) is 4.06. The number of aromatic nitrogens is 1. The van der Waals surface area contributed by atoms with E-state index in [1.54, 1.807) is 6.07 Å². The van der Waals surface area contributed by atoms with Crippen molar-refractivity contribution < 1.29 is 0 Å². The number of aryl methyl sites for hydroxylation is 1. The molecular weight excluding hydrogens is 265 g/mol. The van der Waals surface area contributed by atoms with Gasteiger partial charge >= 0.3 is 0 Å². The number of hydrogen-bond donors (Lipinski definition) is 1. The van der Waals surface area contributed by atoms with Gasteiger partial charge in [-0.05, 0) is 30.7 Å². The van der Waals surface area contributed by atoms with Gasteiger partial charge in [0.1, 0.15) is 5.02 Å². The molecule has 0 aliphatic rings. The van der Waals surface area contributed by atoms with Crippen LogP contribution < -0.4 is 5.56 Å². The van der Waals surface area contributed by atoms with E-state index < -0.39 is 0 Å². The molecular formula is C10H7BrClNO. The van der Waals surface area contributed by atoms with Crippen molar-refractivity contribution in [1.82, 2.24) is 4.98 Å². The summed E-state index contributed by atoms with van der Waals surface area (Å²) in [5.41, 5.74) is 1.63. The highest BCUT2D eigenvalue weighted by atomic mass is 79.9. The predicted octanol–water partition coefficient (Wildman–Crippen LogP) is 3.25. The third-order valence-electron chi connectivity index (χ3n) is 2.01. The van der Waals surface area contributed by atoms with Crippen molar-refractivity contribution >= 4 is 38.4 Å². The Morgan fingerprint density at radius 3 is 2.79 bits per heavy atom. The molecule has 0 unspecified atom stereocenters. The summed E-state index contributed by atoms with van der Waals surface area (Å²) in [7, 11) is 0. The molecule has 4 heteroatoms. The van der Waals surface area contributed by atoms with Crippen LogP contribution in [0.25, 0.3) is 10.9 Å². The van der Waals surface area contributed by atoms with E-state index in [4.69, 9.17) is 11.6 Å². The number of nitrogens with one attached hydrogen (secondary N) is 1. The quantitative estimate of drug-likeness (QED) is 0.784. The number of aromatic amines is 1. The lowest BCUT2D eigenvalue weighted by Gasteiger charge is -2.02. The normalized spacial score (nSPS) is 10.8. The minimum atomic E-state index is -0.253. The lowest BCUT2D eigenvalue weighted by Crippen LogP contribution is -2.05. The SMILES string of the molecule is Cc1cc(Br)c2cc(Cl)c(=O)[nH]c2c1. The summed E-state index contributed by atoms with van der Waals surface area (Å²) >= 11 is 9.16. The largest absolute Gasteiger partial charge is 0.321 e. The van der Waals surface area contributed by atoms with Crippen molar-refractivity contribution in [2.45, 2.75) is 6.92 Å². The summed E-state index contributed by atoms with van der Waals surface area (Å²) < 4.78 is 0.936. The van der Waals surface area contributed by atoms with Crippen LogP contribution in [-0.2, 0) is 0 Å². The maximum absolute atomic E-state index is 11.3. The number of benzene rings is 1. The molecule has 0 aliphatic heterocycles. The van der Waals surface area contributed by atoms with E-state index in [0.29, 0.717) is 0 Å². The molecule has 14 heavy (non-hydrogen) atoms. The predicted molar refractivity (Wildman–Crippen MR) is 62.0 cm³/mol. The van der Waals surface area contributed by atoms with Gasteiger partial charge in [0, 0.05) is 15.4 Å². The fourth-order valence-corrected chi connectivity index (χ4v) is 2.22. The molecule has 0 saturated heterocycles. The van der Waals surface area contributed by atoms with E-state index in [1.165, 1.54) is 0 Å². The zero-order chi connectivity index (χ0) is 10.3. The van der Waals surface area contributed by atoms with Crippen LogP contribution in [0.1, 0.15) is 5.56 Å². The van der Waals surface area contributed by atoms with Crippen LogP contribution in [0.3, 0.4) is 0 Å². The molecule has 0 saturated carbocycles. The lowest BCUT2D eigenvalue weighted by molar-refractivity contribution is 1.29. The Morgan fingerprint density at radius 2 is 2.07 bits per heavy atom. The minimum absolute atomic E-state index is 0.210. The lowest BCUT2D eigenvalue weighted by atomic mass is 10.1. The Hall–Kier alpha value is -0.800. The summed E-state index contributed by atoms with van der Waals surface area (Å²) in [5.74, 6) is 0. The maximum Gasteiger partial charge on any atom is 0.267 e. The van der Waals surface area contributed by atoms with Gasteiger partial charge < -0.3 is 4.98 Å². The fraction of sp³-hybridized carbons (Fsp3) is 0.100. The highest BCUT2D eigenvalue weighted by molar-refractivity contribution is 9.10. The number of fused-ring (bicyclic) bond motifs is 1. The minimum Gasteiger partial charge on any atom is -0.321 e. The molecule has 0 radical (unpaired) electrons. The van der Waals surface area contributed by atoms with Gasteiger partial charge in [-0.25, -0.2) is 0 Å². The van der Waals surface area contributed by atoms with Gasteiger partial charge in [0.25, 0.3) is 5.56 Å². The van der Waals surface area contributed by atoms with Crippen molar-refractivity contribution in [3.05, 3.63) is 43.6 Å². The average Bonchev–Trinajstić information content (AvgIpc) is 2.08. The number of pyridine rings is 1. The Kier molecular flexibility index (Phi) is 2.37. The molecule has 0 spiro atoms. The Balaban J connectivity index is 2.96. The Bertz CT molecular complexity index is 562. The van der Waals surface area contributed by atoms with Crippen LogP contribution >= 0.6 is 27.5 Å². The van der Waals surface area contributed by atoms with Gasteiger partial charge in [-0.1, -0.05) is 27.5 Å². The average molecular weight is 273 g/mol. The number of hydrogen-bond acceptors (Lipinski definition) is 1. The van der Waals surface area contributed by atoms with Crippen LogP contribution in [0.5, 0.6) is 0 Å². The van der Waals surface area contributed by atoms with Crippen LogP contribution in [-0.4, -0.2) is 4.98 Å². The van der Waals surface area contributed by atoms with Crippen LogP contribution in [0.4, 0.5) is 0 Å². The van der Waals surface area contributed by atoms with Crippen molar-refractivity contribution in [1.29, 1.82) is 0 Å². The zero-order valence-electron chi connectivity index (χ0n) is 7.40. The summed E-state index contributed by atoms with van der Waals surface area (Å²) in [6.45, 7) is 1.97. The van der Waals surface area contributed by atoms with Gasteiger partial charge in [0.15, 0.2) is 0 Å². The van der Waals surface area contributed by atoms with Gasteiger partial charge in [0.05, 0.1) is 0 Å². The highest BCUT2D eigenvalue weighted by Gasteiger charge is 2.03. The van der Waals surface area contributed by atoms with Gasteiger partial charge in [0.2, 0.25) is 0 Å². The zero-order valence-corrected chi connectivity index (χ0v) is 9.74. The van der Waals surface area contributed by atoms with E-state index >= 15 is 0 Å². The molecule has 1 aromatic heterocycles. The molecule has 0 atom stereocenters. The van der Waals surface area contributed by atoms with Crippen LogP contribution in [0.15, 0.2) is 27.5 Å². The molecule has 1 aromatic carbocycles. The molecule has 0 aliphatic carbocycles. The second-order valence-corrected chi connectivity index (χ2v) is 4.42. The van der Waals surface area contributed by atoms with Crippen molar-refractivity contribution in [2.24, 2.45) is 0 Å². The van der Waals surface area contributed by atoms with E-state index in [-0.39, 0.29) is 10.6 Å². The topological polar surface area (TPSA) is 32.9 Å². The van der Waals surface area contributed by atoms with Crippen molar-refractivity contribution in [2.75, 3.05) is 0 Å². The fourth-order valence-electron chi connectivity index (χ4n) is 1.38. The molecule has 1 N–H and O–H groups in total. The molecule has 2 nitrogen and oxygen atoms in total. The molecule has 0 amide bonds. The summed E-state index contributed by atoms with van der Waals surface area (Å²) in [4.78, 5) is 14.0. The molecule has 72 valence electrons. The van der Waals surface area contributed by atoms with E-state index in [0.717, 1.165) is 20.9 Å². The third-order valence-corrected chi connectivity index (χ3v) is 2.95. The smallest absolute Gasteiger partial charge is 0.267 e. The first-order valence-corrected chi connectivity index (χ1v) is 5.24. The van der Waals surface area contributed by atoms with E-state index in [1.807, 2.05) is 19.1 Å². The van der Waals surface area contributed by atoms with Crippen LogP contribution in [0, 0.1) is 6.92 Å². The van der Waals surface area contributed by atoms with Gasteiger partial charge in [-0.15, -0.1) is 0 Å². The first-order chi connectivity index (χ1) is 6.58. The standard InChI is InChI=1S/C10H7BrClNO/c1-5-2-7(11)6-4-8(12)10(14)13-9(6)3-5/h2-4H,1H3,(H,13,14). The van der Waals surface area contributed by atoms with Crippen LogP contribution in [0.2, 0.25) is 5.02 Å². The van der Waals surface area contributed by atoms with Gasteiger partial charge in [-0.3, -0.25) is 4.79 Å². The Morgan fingerprint density at radius 1 is 1.36 bits per heavy atom. The van der Waals surface area contributed by atoms with Crippen molar-refractivity contribution in [3.63, 3.8) is 0 Å². The highest BCUT2D eigenvalue weighted by Crippen LogP contribution is 2.24. The van der Waals surface area contributed by atoms with E-state index in [9.17, 15) is 4.79 Å². The van der Waals surface area contributed by atoms with Crippen molar-refractivity contribution in [3.8, 4) is 0 Å². The monoisotopic (exact) mass is 271 g/mol. The number of rotatable bonds is 0. The molecule has 0 bridgehead atoms. The molecule has 1 heterocycles. The third kappa shape index (κ3) is 1.57. The molecule has 2 aromatic rings. The Labute approximate surface area is 94.0 Å². The summed E-state index contributed by atoms with van der Waals surface area (Å²) in [6, 6.07) is 5.56. The number of halogens is 2. The van der Waals surface area contributed by atoms with E-state index in [2.05, 4.69) is 20.9 Å². The summed E-state index contributed by atoms with van der Waals surface area (Å²) in [5, 5.41) is 1.13. The molecule has 2 rings (SSSR count). The van der Waals surface area contributed by atoms with Gasteiger partial charge in [-0.2, -0.15) is 0 Å². The second kappa shape index (κ2) is 3.41. The second-order valence-electron chi connectivity index (χ2n) is 3.15. The first kappa shape index (κ1) is 9.74. The maximum atomic E-state index is 11.3. The number of H-pyrrole nitrogens is 1. The molecule has 0 fully saturated rings.